The Kier molecular flexibility index (Phi) is 7.16. The maximum atomic E-state index is 12.1. The van der Waals surface area contributed by atoms with Crippen LogP contribution in [0.1, 0.15) is 24.8 Å². The molecule has 0 aromatic heterocycles. The third-order valence-corrected chi connectivity index (χ3v) is 3.59. The number of rotatable bonds is 4. The molecule has 1 unspecified atom stereocenters. The lowest BCUT2D eigenvalue weighted by atomic mass is 9.98. The maximum Gasteiger partial charge on any atom is 0.389 e. The summed E-state index contributed by atoms with van der Waals surface area (Å²) in [7, 11) is 0. The van der Waals surface area contributed by atoms with E-state index >= 15 is 0 Å². The predicted molar refractivity (Wildman–Crippen MR) is 82.3 cm³/mol. The number of alkyl halides is 3. The molecule has 0 radical (unpaired) electrons. The van der Waals surface area contributed by atoms with Gasteiger partial charge < -0.3 is 10.6 Å². The molecule has 1 atom stereocenters. The quantitative estimate of drug-likeness (QED) is 0.883. The SMILES string of the molecule is Cl.O=C(Nc1ccc(CCC(F)(F)F)cc1)C1CCCNC1. The zero-order valence-corrected chi connectivity index (χ0v) is 12.9. The average Bonchev–Trinajstić information content (AvgIpc) is 2.46. The molecule has 7 heteroatoms. The Hall–Kier alpha value is -1.27. The number of hydrogen-bond acceptors (Lipinski definition) is 2. The van der Waals surface area contributed by atoms with E-state index in [0.717, 1.165) is 19.4 Å². The van der Waals surface area contributed by atoms with E-state index in [-0.39, 0.29) is 30.7 Å². The van der Waals surface area contributed by atoms with Crippen molar-refractivity contribution in [3.05, 3.63) is 29.8 Å². The van der Waals surface area contributed by atoms with Crippen LogP contribution in [-0.4, -0.2) is 25.2 Å². The molecule has 1 aromatic carbocycles. The molecule has 1 saturated heterocycles. The Morgan fingerprint density at radius 1 is 1.27 bits per heavy atom. The lowest BCUT2D eigenvalue weighted by molar-refractivity contribution is -0.134. The third kappa shape index (κ3) is 6.23. The fourth-order valence-electron chi connectivity index (χ4n) is 2.36. The Labute approximate surface area is 134 Å². The molecule has 2 N–H and O–H groups in total. The average molecular weight is 337 g/mol. The Bertz CT molecular complexity index is 471. The fraction of sp³-hybridized carbons (Fsp3) is 0.533. The van der Waals surface area contributed by atoms with Gasteiger partial charge in [0, 0.05) is 18.7 Å². The van der Waals surface area contributed by atoms with Crippen LogP contribution in [-0.2, 0) is 11.2 Å². The van der Waals surface area contributed by atoms with Crippen LogP contribution >= 0.6 is 12.4 Å². The first-order valence-electron chi connectivity index (χ1n) is 7.11. The highest BCUT2D eigenvalue weighted by Gasteiger charge is 2.26. The molecule has 22 heavy (non-hydrogen) atoms. The summed E-state index contributed by atoms with van der Waals surface area (Å²) < 4.78 is 36.4. The van der Waals surface area contributed by atoms with E-state index in [1.165, 1.54) is 0 Å². The fourth-order valence-corrected chi connectivity index (χ4v) is 2.36. The summed E-state index contributed by atoms with van der Waals surface area (Å²) in [5.41, 5.74) is 1.24. The number of halogens is 4. The lowest BCUT2D eigenvalue weighted by Gasteiger charge is -2.21. The minimum atomic E-state index is -4.14. The van der Waals surface area contributed by atoms with E-state index in [0.29, 0.717) is 17.8 Å². The van der Waals surface area contributed by atoms with Gasteiger partial charge in [0.2, 0.25) is 5.91 Å². The molecule has 1 amide bonds. The molecule has 124 valence electrons. The van der Waals surface area contributed by atoms with E-state index in [4.69, 9.17) is 0 Å². The Balaban J connectivity index is 0.00000242. The number of carbonyl (C=O) groups is 1. The zero-order valence-electron chi connectivity index (χ0n) is 12.1. The third-order valence-electron chi connectivity index (χ3n) is 3.59. The molecule has 1 fully saturated rings. The van der Waals surface area contributed by atoms with Crippen molar-refractivity contribution in [2.75, 3.05) is 18.4 Å². The standard InChI is InChI=1S/C15H19F3N2O.ClH/c16-15(17,18)8-7-11-3-5-13(6-4-11)20-14(21)12-2-1-9-19-10-12;/h3-6,12,19H,1-2,7-10H2,(H,20,21);1H. The van der Waals surface area contributed by atoms with Crippen molar-refractivity contribution in [1.82, 2.24) is 5.32 Å². The van der Waals surface area contributed by atoms with Crippen molar-refractivity contribution in [2.24, 2.45) is 5.92 Å². The molecular formula is C15H20ClF3N2O. The van der Waals surface area contributed by atoms with E-state index in [1.807, 2.05) is 0 Å². The first-order valence-corrected chi connectivity index (χ1v) is 7.11. The van der Waals surface area contributed by atoms with Crippen LogP contribution in [0.3, 0.4) is 0 Å². The summed E-state index contributed by atoms with van der Waals surface area (Å²) in [5.74, 6) is -0.0751. The van der Waals surface area contributed by atoms with Crippen molar-refractivity contribution < 1.29 is 18.0 Å². The summed E-state index contributed by atoms with van der Waals surface area (Å²) >= 11 is 0. The summed E-state index contributed by atoms with van der Waals surface area (Å²) in [4.78, 5) is 12.0. The van der Waals surface area contributed by atoms with Gasteiger partial charge in [-0.05, 0) is 43.5 Å². The van der Waals surface area contributed by atoms with Gasteiger partial charge in [0.05, 0.1) is 5.92 Å². The van der Waals surface area contributed by atoms with E-state index < -0.39 is 12.6 Å². The van der Waals surface area contributed by atoms with Crippen LogP contribution in [0, 0.1) is 5.92 Å². The van der Waals surface area contributed by atoms with Crippen molar-refractivity contribution in [3.63, 3.8) is 0 Å². The second-order valence-electron chi connectivity index (χ2n) is 5.34. The van der Waals surface area contributed by atoms with Gasteiger partial charge in [-0.3, -0.25) is 4.79 Å². The van der Waals surface area contributed by atoms with Crippen LogP contribution in [0.2, 0.25) is 0 Å². The summed E-state index contributed by atoms with van der Waals surface area (Å²) in [6.07, 6.45) is -3.16. The maximum absolute atomic E-state index is 12.1. The number of nitrogens with one attached hydrogen (secondary N) is 2. The van der Waals surface area contributed by atoms with Gasteiger partial charge in [-0.15, -0.1) is 12.4 Å². The van der Waals surface area contributed by atoms with Gasteiger partial charge in [0.15, 0.2) is 0 Å². The normalized spacial score (nSPS) is 18.4. The van der Waals surface area contributed by atoms with Gasteiger partial charge in [0.1, 0.15) is 0 Å². The van der Waals surface area contributed by atoms with E-state index in [1.54, 1.807) is 24.3 Å². The molecule has 0 saturated carbocycles. The first-order chi connectivity index (χ1) is 9.94. The summed E-state index contributed by atoms with van der Waals surface area (Å²) in [6.45, 7) is 1.62. The Morgan fingerprint density at radius 3 is 2.50 bits per heavy atom. The Morgan fingerprint density at radius 2 is 1.95 bits per heavy atom. The second-order valence-corrected chi connectivity index (χ2v) is 5.34. The van der Waals surface area contributed by atoms with Gasteiger partial charge in [-0.1, -0.05) is 12.1 Å². The molecule has 1 aromatic rings. The molecule has 1 aliphatic heterocycles. The molecule has 0 bridgehead atoms. The summed E-state index contributed by atoms with van der Waals surface area (Å²) in [5, 5.41) is 5.98. The van der Waals surface area contributed by atoms with Gasteiger partial charge in [0.25, 0.3) is 0 Å². The van der Waals surface area contributed by atoms with Crippen LogP contribution in [0.15, 0.2) is 24.3 Å². The molecule has 0 aliphatic carbocycles. The van der Waals surface area contributed by atoms with Crippen molar-refractivity contribution in [1.29, 1.82) is 0 Å². The van der Waals surface area contributed by atoms with E-state index in [9.17, 15) is 18.0 Å². The van der Waals surface area contributed by atoms with Crippen molar-refractivity contribution in [3.8, 4) is 0 Å². The molecule has 0 spiro atoms. The number of piperidine rings is 1. The summed E-state index contributed by atoms with van der Waals surface area (Å²) in [6, 6.07) is 6.56. The minimum Gasteiger partial charge on any atom is -0.326 e. The predicted octanol–water partition coefficient (Wildman–Crippen LogP) is 3.54. The highest BCUT2D eigenvalue weighted by molar-refractivity contribution is 5.92. The zero-order chi connectivity index (χ0) is 15.3. The number of benzene rings is 1. The van der Waals surface area contributed by atoms with Gasteiger partial charge in [-0.25, -0.2) is 0 Å². The number of hydrogen-bond donors (Lipinski definition) is 2. The largest absolute Gasteiger partial charge is 0.389 e. The second kappa shape index (κ2) is 8.39. The topological polar surface area (TPSA) is 41.1 Å². The number of aryl methyl sites for hydroxylation is 1. The number of anilines is 1. The van der Waals surface area contributed by atoms with Crippen LogP contribution in [0.4, 0.5) is 18.9 Å². The van der Waals surface area contributed by atoms with Crippen LogP contribution in [0.5, 0.6) is 0 Å². The molecule has 3 nitrogen and oxygen atoms in total. The lowest BCUT2D eigenvalue weighted by Crippen LogP contribution is -2.37. The van der Waals surface area contributed by atoms with E-state index in [2.05, 4.69) is 10.6 Å². The highest BCUT2D eigenvalue weighted by atomic mass is 35.5. The minimum absolute atomic E-state index is 0. The molecule has 1 aliphatic rings. The monoisotopic (exact) mass is 336 g/mol. The van der Waals surface area contributed by atoms with Gasteiger partial charge in [-0.2, -0.15) is 13.2 Å². The van der Waals surface area contributed by atoms with Crippen molar-refractivity contribution >= 4 is 24.0 Å². The molecule has 2 rings (SSSR count). The van der Waals surface area contributed by atoms with Crippen LogP contribution < -0.4 is 10.6 Å². The molecular weight excluding hydrogens is 317 g/mol. The number of amides is 1. The smallest absolute Gasteiger partial charge is 0.326 e. The van der Waals surface area contributed by atoms with Gasteiger partial charge >= 0.3 is 6.18 Å². The number of carbonyl (C=O) groups excluding carboxylic acids is 1. The highest BCUT2D eigenvalue weighted by Crippen LogP contribution is 2.23. The molecule has 1 heterocycles. The van der Waals surface area contributed by atoms with Crippen LogP contribution in [0.25, 0.3) is 0 Å². The van der Waals surface area contributed by atoms with Crippen molar-refractivity contribution in [2.45, 2.75) is 31.9 Å². The first kappa shape index (κ1) is 18.8.